The number of halogens is 1. The topological polar surface area (TPSA) is 148 Å². The van der Waals surface area contributed by atoms with Crippen molar-refractivity contribution in [3.05, 3.63) is 75.5 Å². The Morgan fingerprint density at radius 2 is 1.80 bits per heavy atom. The van der Waals surface area contributed by atoms with Crippen molar-refractivity contribution in [1.29, 1.82) is 0 Å². The Balaban J connectivity index is 0.000000527. The van der Waals surface area contributed by atoms with Gasteiger partial charge < -0.3 is 20.1 Å². The lowest BCUT2D eigenvalue weighted by atomic mass is 10.0. The summed E-state index contributed by atoms with van der Waals surface area (Å²) >= 11 is 6.03. The van der Waals surface area contributed by atoms with Crippen LogP contribution in [0.5, 0.6) is 0 Å². The first kappa shape index (κ1) is 27.7. The van der Waals surface area contributed by atoms with Crippen LogP contribution in [-0.2, 0) is 20.7 Å². The van der Waals surface area contributed by atoms with Crippen LogP contribution in [0.3, 0.4) is 0 Å². The first-order valence-corrected chi connectivity index (χ1v) is 11.2. The SMILES string of the molecule is C[C@H](N[C@@H](Cc1ccc(-c2cccc(Cl)c2)cc1)C(=O)O)C(=O)OC(C)(C)C.Nc1cc(=O)[nH]o1. The number of nitrogen functional groups attached to an aromatic ring is 1. The highest BCUT2D eigenvalue weighted by Gasteiger charge is 2.27. The molecule has 0 spiro atoms. The average Bonchev–Trinajstić information content (AvgIpc) is 3.15. The Labute approximate surface area is 208 Å². The van der Waals surface area contributed by atoms with Crippen LogP contribution in [0, 0.1) is 0 Å². The average molecular weight is 504 g/mol. The zero-order valence-corrected chi connectivity index (χ0v) is 20.8. The summed E-state index contributed by atoms with van der Waals surface area (Å²) in [4.78, 5) is 33.8. The van der Waals surface area contributed by atoms with Crippen molar-refractivity contribution in [3.63, 3.8) is 0 Å². The molecular weight excluding hydrogens is 474 g/mol. The van der Waals surface area contributed by atoms with Crippen molar-refractivity contribution in [2.75, 3.05) is 5.73 Å². The largest absolute Gasteiger partial charge is 0.480 e. The third-order valence-electron chi connectivity index (χ3n) is 4.60. The number of nitrogens with one attached hydrogen (secondary N) is 2. The molecule has 0 amide bonds. The van der Waals surface area contributed by atoms with Gasteiger partial charge in [-0.15, -0.1) is 0 Å². The zero-order valence-electron chi connectivity index (χ0n) is 20.0. The van der Waals surface area contributed by atoms with Gasteiger partial charge in [-0.2, -0.15) is 5.16 Å². The maximum Gasteiger partial charge on any atom is 0.323 e. The third kappa shape index (κ3) is 9.68. The van der Waals surface area contributed by atoms with E-state index in [9.17, 15) is 19.5 Å². The summed E-state index contributed by atoms with van der Waals surface area (Å²) in [5.41, 5.74) is 6.88. The van der Waals surface area contributed by atoms with Crippen LogP contribution in [0.15, 0.2) is 63.9 Å². The molecule has 0 bridgehead atoms. The minimum Gasteiger partial charge on any atom is -0.480 e. The third-order valence-corrected chi connectivity index (χ3v) is 4.84. The van der Waals surface area contributed by atoms with Crippen molar-refractivity contribution >= 4 is 29.4 Å². The lowest BCUT2D eigenvalue weighted by Gasteiger charge is -2.24. The molecule has 2 atom stereocenters. The number of hydrogen-bond acceptors (Lipinski definition) is 7. The van der Waals surface area contributed by atoms with E-state index in [-0.39, 0.29) is 17.9 Å². The lowest BCUT2D eigenvalue weighted by molar-refractivity contribution is -0.157. The molecule has 0 saturated heterocycles. The Bertz CT molecular complexity index is 1180. The van der Waals surface area contributed by atoms with Crippen LogP contribution in [0.1, 0.15) is 33.3 Å². The van der Waals surface area contributed by atoms with Crippen molar-refractivity contribution in [2.24, 2.45) is 0 Å². The fourth-order valence-corrected chi connectivity index (χ4v) is 3.20. The molecule has 2 aromatic carbocycles. The number of aromatic nitrogens is 1. The number of carboxylic acids is 1. The van der Waals surface area contributed by atoms with Crippen LogP contribution in [0.4, 0.5) is 5.88 Å². The number of H-pyrrole nitrogens is 1. The van der Waals surface area contributed by atoms with E-state index in [1.807, 2.05) is 53.7 Å². The first-order chi connectivity index (χ1) is 16.3. The molecule has 1 aromatic heterocycles. The molecule has 3 rings (SSSR count). The smallest absolute Gasteiger partial charge is 0.323 e. The normalized spacial score (nSPS) is 12.7. The quantitative estimate of drug-likeness (QED) is 0.355. The number of ether oxygens (including phenoxy) is 1. The van der Waals surface area contributed by atoms with Crippen molar-refractivity contribution in [1.82, 2.24) is 10.5 Å². The summed E-state index contributed by atoms with van der Waals surface area (Å²) in [5.74, 6) is -1.38. The highest BCUT2D eigenvalue weighted by Crippen LogP contribution is 2.23. The number of rotatable bonds is 7. The molecular formula is C25H30ClN3O6. The summed E-state index contributed by atoms with van der Waals surface area (Å²) in [6.07, 6.45) is 0.248. The van der Waals surface area contributed by atoms with Crippen molar-refractivity contribution in [2.45, 2.75) is 51.8 Å². The van der Waals surface area contributed by atoms with Gasteiger partial charge in [0.15, 0.2) is 0 Å². The second kappa shape index (κ2) is 12.2. The summed E-state index contributed by atoms with van der Waals surface area (Å²) in [5, 5.41) is 15.1. The number of nitrogens with two attached hydrogens (primary N) is 1. The van der Waals surface area contributed by atoms with Crippen LogP contribution in [-0.4, -0.2) is 39.9 Å². The van der Waals surface area contributed by atoms with E-state index in [1.165, 1.54) is 6.07 Å². The predicted molar refractivity (Wildman–Crippen MR) is 134 cm³/mol. The molecule has 0 aliphatic heterocycles. The van der Waals surface area contributed by atoms with Gasteiger partial charge >= 0.3 is 11.9 Å². The van der Waals surface area contributed by atoms with Gasteiger partial charge in [0, 0.05) is 5.02 Å². The van der Waals surface area contributed by atoms with Crippen LogP contribution >= 0.6 is 11.6 Å². The molecule has 0 saturated carbocycles. The van der Waals surface area contributed by atoms with Gasteiger partial charge in [0.2, 0.25) is 5.88 Å². The maximum absolute atomic E-state index is 12.1. The van der Waals surface area contributed by atoms with E-state index in [2.05, 4.69) is 9.84 Å². The van der Waals surface area contributed by atoms with Gasteiger partial charge in [-0.1, -0.05) is 48.0 Å². The summed E-state index contributed by atoms with van der Waals surface area (Å²) in [6, 6.07) is 14.7. The Kier molecular flexibility index (Phi) is 9.68. The molecule has 3 aromatic rings. The number of carbonyl (C=O) groups is 2. The van der Waals surface area contributed by atoms with Crippen molar-refractivity contribution in [3.8, 4) is 11.1 Å². The van der Waals surface area contributed by atoms with E-state index in [1.54, 1.807) is 27.7 Å². The van der Waals surface area contributed by atoms with Crippen LogP contribution in [0.2, 0.25) is 5.02 Å². The molecule has 5 N–H and O–H groups in total. The minimum atomic E-state index is -1.02. The van der Waals surface area contributed by atoms with E-state index in [0.29, 0.717) is 5.02 Å². The highest BCUT2D eigenvalue weighted by molar-refractivity contribution is 6.30. The van der Waals surface area contributed by atoms with Gasteiger partial charge in [-0.25, -0.2) is 0 Å². The summed E-state index contributed by atoms with van der Waals surface area (Å²) in [6.45, 7) is 6.92. The summed E-state index contributed by atoms with van der Waals surface area (Å²) < 4.78 is 9.60. The zero-order chi connectivity index (χ0) is 26.2. The van der Waals surface area contributed by atoms with Crippen LogP contribution in [0.25, 0.3) is 11.1 Å². The predicted octanol–water partition coefficient (Wildman–Crippen LogP) is 3.87. The minimum absolute atomic E-state index is 0.116. The maximum atomic E-state index is 12.1. The first-order valence-electron chi connectivity index (χ1n) is 10.8. The molecule has 0 fully saturated rings. The highest BCUT2D eigenvalue weighted by atomic mass is 35.5. The number of esters is 1. The number of benzene rings is 2. The fourth-order valence-electron chi connectivity index (χ4n) is 3.01. The van der Waals surface area contributed by atoms with Gasteiger partial charge in [-0.3, -0.25) is 19.7 Å². The van der Waals surface area contributed by atoms with Gasteiger partial charge in [-0.05, 0) is 62.9 Å². The number of carboxylic acid groups (broad SMARTS) is 1. The Hall–Kier alpha value is -3.56. The van der Waals surface area contributed by atoms with Gasteiger partial charge in [0.1, 0.15) is 17.7 Å². The van der Waals surface area contributed by atoms with E-state index >= 15 is 0 Å². The molecule has 0 aliphatic rings. The van der Waals surface area contributed by atoms with E-state index < -0.39 is 29.6 Å². The van der Waals surface area contributed by atoms with Gasteiger partial charge in [0.05, 0.1) is 6.07 Å². The van der Waals surface area contributed by atoms with Gasteiger partial charge in [0.25, 0.3) is 5.56 Å². The molecule has 35 heavy (non-hydrogen) atoms. The molecule has 188 valence electrons. The lowest BCUT2D eigenvalue weighted by Crippen LogP contribution is -2.48. The number of anilines is 1. The second-order valence-corrected chi connectivity index (χ2v) is 9.28. The molecule has 0 unspecified atom stereocenters. The van der Waals surface area contributed by atoms with Crippen LogP contribution < -0.4 is 16.6 Å². The molecule has 1 heterocycles. The number of aliphatic carboxylic acids is 1. The van der Waals surface area contributed by atoms with E-state index in [0.717, 1.165) is 16.7 Å². The van der Waals surface area contributed by atoms with E-state index in [4.69, 9.17) is 22.1 Å². The molecule has 0 aliphatic carbocycles. The van der Waals surface area contributed by atoms with Crippen molar-refractivity contribution < 1.29 is 24.0 Å². The Morgan fingerprint density at radius 1 is 1.14 bits per heavy atom. The standard InChI is InChI=1S/C22H26ClNO4.C3H4N2O2/c1-14(21(27)28-22(2,3)4)24-19(20(25)26)12-15-8-10-16(11-9-15)17-6-5-7-18(23)13-17;4-2-1-3(6)5-7-2/h5-11,13-14,19,24H,12H2,1-4H3,(H,25,26);1H,4H2,(H,5,6)/t14-,19-;/m0./s1. The monoisotopic (exact) mass is 503 g/mol. The molecule has 10 heteroatoms. The number of aromatic amines is 1. The molecule has 0 radical (unpaired) electrons. The number of carbonyl (C=O) groups excluding carboxylic acids is 1. The second-order valence-electron chi connectivity index (χ2n) is 8.84. The molecule has 9 nitrogen and oxygen atoms in total. The number of hydrogen-bond donors (Lipinski definition) is 4. The Morgan fingerprint density at radius 3 is 2.26 bits per heavy atom. The fraction of sp³-hybridized carbons (Fsp3) is 0.320. The summed E-state index contributed by atoms with van der Waals surface area (Å²) in [7, 11) is 0.